The van der Waals surface area contributed by atoms with E-state index >= 15 is 0 Å². The number of sulfonamides is 1. The zero-order valence-electron chi connectivity index (χ0n) is 11.5. The lowest BCUT2D eigenvalue weighted by molar-refractivity contribution is 0.0276. The number of nitrogen functional groups attached to an aromatic ring is 1. The lowest BCUT2D eigenvalue weighted by Gasteiger charge is -2.23. The van der Waals surface area contributed by atoms with Gasteiger partial charge >= 0.3 is 0 Å². The molecule has 0 saturated carbocycles. The first-order valence-electron chi connectivity index (χ1n) is 5.69. The maximum atomic E-state index is 12.1. The summed E-state index contributed by atoms with van der Waals surface area (Å²) in [4.78, 5) is 0.0486. The molecule has 0 aliphatic rings. The van der Waals surface area contributed by atoms with Crippen LogP contribution in [0.4, 0.5) is 5.69 Å². The van der Waals surface area contributed by atoms with Crippen LogP contribution < -0.4 is 10.5 Å². The number of nitrogens with two attached hydrogens (primary N) is 1. The van der Waals surface area contributed by atoms with Gasteiger partial charge in [0.1, 0.15) is 0 Å². The third kappa shape index (κ3) is 4.07. The van der Waals surface area contributed by atoms with Gasteiger partial charge in [0.15, 0.2) is 0 Å². The molecule has 0 aliphatic heterocycles. The highest BCUT2D eigenvalue weighted by atomic mass is 35.5. The van der Waals surface area contributed by atoms with Crippen LogP contribution in [0, 0.1) is 6.92 Å². The fourth-order valence-electron chi connectivity index (χ4n) is 1.25. The predicted molar refractivity (Wildman–Crippen MR) is 76.9 cm³/mol. The van der Waals surface area contributed by atoms with Gasteiger partial charge < -0.3 is 10.5 Å². The Kier molecular flexibility index (Phi) is 4.84. The summed E-state index contributed by atoms with van der Waals surface area (Å²) in [5.74, 6) is 0. The topological polar surface area (TPSA) is 81.4 Å². The molecule has 0 spiro atoms. The van der Waals surface area contributed by atoms with Crippen molar-refractivity contribution in [3.05, 3.63) is 22.7 Å². The molecule has 0 heterocycles. The van der Waals surface area contributed by atoms with Crippen molar-refractivity contribution in [1.82, 2.24) is 4.72 Å². The van der Waals surface area contributed by atoms with Crippen LogP contribution in [0.5, 0.6) is 0 Å². The minimum absolute atomic E-state index is 0.0486. The summed E-state index contributed by atoms with van der Waals surface area (Å²) in [5, 5.41) is 0.325. The highest BCUT2D eigenvalue weighted by Gasteiger charge is 2.22. The monoisotopic (exact) mass is 306 g/mol. The maximum Gasteiger partial charge on any atom is 0.240 e. The van der Waals surface area contributed by atoms with E-state index in [4.69, 9.17) is 22.1 Å². The van der Waals surface area contributed by atoms with Crippen LogP contribution in [-0.2, 0) is 14.8 Å². The largest absolute Gasteiger partial charge is 0.398 e. The van der Waals surface area contributed by atoms with E-state index in [1.54, 1.807) is 20.8 Å². The van der Waals surface area contributed by atoms with Crippen molar-refractivity contribution in [3.63, 3.8) is 0 Å². The second-order valence-electron chi connectivity index (χ2n) is 4.91. The zero-order valence-corrected chi connectivity index (χ0v) is 13.0. The Morgan fingerprint density at radius 2 is 2.00 bits per heavy atom. The third-order valence-electron chi connectivity index (χ3n) is 2.91. The first kappa shape index (κ1) is 16.2. The Morgan fingerprint density at radius 1 is 1.42 bits per heavy atom. The van der Waals surface area contributed by atoms with Gasteiger partial charge in [0, 0.05) is 24.4 Å². The highest BCUT2D eigenvalue weighted by molar-refractivity contribution is 7.89. The first-order valence-corrected chi connectivity index (χ1v) is 7.55. The Bertz CT molecular complexity index is 547. The zero-order chi connectivity index (χ0) is 14.8. The van der Waals surface area contributed by atoms with Crippen molar-refractivity contribution in [2.75, 3.05) is 19.4 Å². The van der Waals surface area contributed by atoms with Gasteiger partial charge in [-0.2, -0.15) is 0 Å². The second kappa shape index (κ2) is 5.66. The fraction of sp³-hybridized carbons (Fsp3) is 0.500. The number of methoxy groups -OCH3 is 1. The number of anilines is 1. The Balaban J connectivity index is 3.02. The Hall–Kier alpha value is -0.820. The standard InChI is InChI=1S/C12H19ClN2O3S/c1-8-10(13)5-9(6-11(8)14)19(16,17)15-7-12(2,3)18-4/h5-6,15H,7,14H2,1-4H3. The molecule has 3 N–H and O–H groups in total. The molecule has 1 rings (SSSR count). The third-order valence-corrected chi connectivity index (χ3v) is 4.68. The number of rotatable bonds is 5. The SMILES string of the molecule is COC(C)(C)CNS(=O)(=O)c1cc(N)c(C)c(Cl)c1. The van der Waals surface area contributed by atoms with Crippen molar-refractivity contribution in [2.45, 2.75) is 31.3 Å². The summed E-state index contributed by atoms with van der Waals surface area (Å²) in [5.41, 5.74) is 6.15. The number of nitrogens with one attached hydrogen (secondary N) is 1. The molecular formula is C12H19ClN2O3S. The van der Waals surface area contributed by atoms with Gasteiger partial charge in [-0.3, -0.25) is 0 Å². The summed E-state index contributed by atoms with van der Waals surface area (Å²) in [6, 6.07) is 2.78. The molecular weight excluding hydrogens is 288 g/mol. The van der Waals surface area contributed by atoms with E-state index < -0.39 is 15.6 Å². The molecule has 0 aliphatic carbocycles. The average molecular weight is 307 g/mol. The molecule has 0 amide bonds. The molecule has 108 valence electrons. The number of ether oxygens (including phenoxy) is 1. The van der Waals surface area contributed by atoms with Crippen molar-refractivity contribution in [2.24, 2.45) is 0 Å². The number of benzene rings is 1. The van der Waals surface area contributed by atoms with Gasteiger partial charge in [0.25, 0.3) is 0 Å². The van der Waals surface area contributed by atoms with Crippen LogP contribution in [0.2, 0.25) is 5.02 Å². The molecule has 0 aromatic heterocycles. The van der Waals surface area contributed by atoms with Gasteiger partial charge in [0.05, 0.1) is 10.5 Å². The van der Waals surface area contributed by atoms with E-state index in [2.05, 4.69) is 4.72 Å². The smallest absolute Gasteiger partial charge is 0.240 e. The minimum Gasteiger partial charge on any atom is -0.398 e. The van der Waals surface area contributed by atoms with Gasteiger partial charge in [-0.15, -0.1) is 0 Å². The van der Waals surface area contributed by atoms with E-state index in [1.165, 1.54) is 19.2 Å². The molecule has 0 bridgehead atoms. The summed E-state index contributed by atoms with van der Waals surface area (Å²) < 4.78 is 31.9. The second-order valence-corrected chi connectivity index (χ2v) is 7.08. The fourth-order valence-corrected chi connectivity index (χ4v) is 2.80. The van der Waals surface area contributed by atoms with Crippen LogP contribution >= 0.6 is 11.6 Å². The lowest BCUT2D eigenvalue weighted by Crippen LogP contribution is -2.39. The van der Waals surface area contributed by atoms with Gasteiger partial charge in [-0.25, -0.2) is 13.1 Å². The molecule has 0 fully saturated rings. The Labute approximate surface area is 119 Å². The molecule has 0 saturated heterocycles. The van der Waals surface area contributed by atoms with Crippen molar-refractivity contribution >= 4 is 27.3 Å². The van der Waals surface area contributed by atoms with Crippen molar-refractivity contribution < 1.29 is 13.2 Å². The van der Waals surface area contributed by atoms with E-state index in [-0.39, 0.29) is 11.4 Å². The predicted octanol–water partition coefficient (Wildman–Crippen LogP) is 1.93. The molecule has 0 radical (unpaired) electrons. The minimum atomic E-state index is -3.66. The van der Waals surface area contributed by atoms with Crippen LogP contribution in [0.3, 0.4) is 0 Å². The Morgan fingerprint density at radius 3 is 2.47 bits per heavy atom. The molecule has 19 heavy (non-hydrogen) atoms. The van der Waals surface area contributed by atoms with Gasteiger partial charge in [-0.05, 0) is 38.5 Å². The first-order chi connectivity index (χ1) is 8.59. The maximum absolute atomic E-state index is 12.1. The quantitative estimate of drug-likeness (QED) is 0.815. The lowest BCUT2D eigenvalue weighted by atomic mass is 10.1. The normalized spacial score (nSPS) is 12.7. The summed E-state index contributed by atoms with van der Waals surface area (Å²) in [7, 11) is -2.14. The van der Waals surface area contributed by atoms with Crippen molar-refractivity contribution in [1.29, 1.82) is 0 Å². The van der Waals surface area contributed by atoms with Crippen LogP contribution in [0.1, 0.15) is 19.4 Å². The molecule has 0 unspecified atom stereocenters. The molecule has 7 heteroatoms. The molecule has 0 atom stereocenters. The number of hydrogen-bond acceptors (Lipinski definition) is 4. The average Bonchev–Trinajstić information content (AvgIpc) is 2.33. The van der Waals surface area contributed by atoms with Crippen LogP contribution in [0.15, 0.2) is 17.0 Å². The molecule has 1 aromatic rings. The van der Waals surface area contributed by atoms with Crippen LogP contribution in [0.25, 0.3) is 0 Å². The van der Waals surface area contributed by atoms with E-state index in [9.17, 15) is 8.42 Å². The summed E-state index contributed by atoms with van der Waals surface area (Å²) in [6.45, 7) is 5.45. The van der Waals surface area contributed by atoms with E-state index in [0.717, 1.165) is 0 Å². The van der Waals surface area contributed by atoms with Crippen LogP contribution in [-0.4, -0.2) is 27.7 Å². The van der Waals surface area contributed by atoms with E-state index in [0.29, 0.717) is 16.3 Å². The summed E-state index contributed by atoms with van der Waals surface area (Å²) >= 11 is 5.95. The van der Waals surface area contributed by atoms with Gasteiger partial charge in [-0.1, -0.05) is 11.6 Å². The number of halogens is 1. The molecule has 5 nitrogen and oxygen atoms in total. The van der Waals surface area contributed by atoms with E-state index in [1.807, 2.05) is 0 Å². The molecule has 1 aromatic carbocycles. The highest BCUT2D eigenvalue weighted by Crippen LogP contribution is 2.26. The van der Waals surface area contributed by atoms with Gasteiger partial charge in [0.2, 0.25) is 10.0 Å². The number of hydrogen-bond donors (Lipinski definition) is 2. The van der Waals surface area contributed by atoms with Crippen molar-refractivity contribution in [3.8, 4) is 0 Å². The summed E-state index contributed by atoms with van der Waals surface area (Å²) in [6.07, 6.45) is 0.